The lowest BCUT2D eigenvalue weighted by atomic mass is 9.97. The van der Waals surface area contributed by atoms with Crippen molar-refractivity contribution in [3.05, 3.63) is 35.2 Å². The highest BCUT2D eigenvalue weighted by atomic mass is 19.1. The summed E-state index contributed by atoms with van der Waals surface area (Å²) in [6, 6.07) is 0. The van der Waals surface area contributed by atoms with Crippen LogP contribution in [0.15, 0.2) is 40.2 Å². The molecular weight excluding hydrogens is 227 g/mol. The van der Waals surface area contributed by atoms with E-state index in [1.54, 1.807) is 25.2 Å². The summed E-state index contributed by atoms with van der Waals surface area (Å²) >= 11 is 0. The molecule has 0 amide bonds. The number of nitrogens with two attached hydrogens (primary N) is 1. The van der Waals surface area contributed by atoms with Crippen molar-refractivity contribution in [2.24, 2.45) is 10.7 Å². The van der Waals surface area contributed by atoms with Gasteiger partial charge in [0.25, 0.3) is 0 Å². The Morgan fingerprint density at radius 2 is 1.89 bits per heavy atom. The summed E-state index contributed by atoms with van der Waals surface area (Å²) in [5.41, 5.74) is 6.49. The Bertz CT molecular complexity index is 399. The number of halogens is 1. The van der Waals surface area contributed by atoms with Gasteiger partial charge in [-0.3, -0.25) is 4.99 Å². The first-order valence-electron chi connectivity index (χ1n) is 6.30. The average molecular weight is 252 g/mol. The highest BCUT2D eigenvalue weighted by Crippen LogP contribution is 2.23. The number of nitrogens with zero attached hydrogens (tertiary/aromatic N) is 1. The van der Waals surface area contributed by atoms with Crippen LogP contribution in [0.2, 0.25) is 0 Å². The predicted octanol–water partition coefficient (Wildman–Crippen LogP) is 4.30. The molecule has 102 valence electrons. The molecule has 1 unspecified atom stereocenters. The summed E-state index contributed by atoms with van der Waals surface area (Å²) in [6.45, 7) is 10.9. The fourth-order valence-corrected chi connectivity index (χ4v) is 1.41. The summed E-state index contributed by atoms with van der Waals surface area (Å²) < 4.78 is 14.7. The van der Waals surface area contributed by atoms with E-state index >= 15 is 0 Å². The molecule has 0 aliphatic carbocycles. The van der Waals surface area contributed by atoms with Crippen LogP contribution < -0.4 is 5.73 Å². The molecule has 0 aromatic rings. The Hall–Kier alpha value is -1.38. The summed E-state index contributed by atoms with van der Waals surface area (Å²) in [7, 11) is 0. The van der Waals surface area contributed by atoms with Crippen LogP contribution in [-0.2, 0) is 0 Å². The number of hydrogen-bond acceptors (Lipinski definition) is 2. The molecule has 3 heteroatoms. The third-order valence-electron chi connectivity index (χ3n) is 3.09. The Morgan fingerprint density at radius 3 is 2.28 bits per heavy atom. The van der Waals surface area contributed by atoms with Gasteiger partial charge in [0.1, 0.15) is 0 Å². The first-order valence-corrected chi connectivity index (χ1v) is 6.30. The molecule has 0 saturated heterocycles. The van der Waals surface area contributed by atoms with E-state index in [4.69, 9.17) is 5.73 Å². The maximum atomic E-state index is 14.7. The monoisotopic (exact) mass is 252 g/mol. The number of rotatable bonds is 5. The van der Waals surface area contributed by atoms with Gasteiger partial charge in [-0.15, -0.1) is 0 Å². The molecule has 2 N–H and O–H groups in total. The van der Waals surface area contributed by atoms with Crippen molar-refractivity contribution >= 4 is 5.71 Å². The average Bonchev–Trinajstić information content (AvgIpc) is 2.35. The largest absolute Gasteiger partial charge is 0.399 e. The van der Waals surface area contributed by atoms with Crippen molar-refractivity contribution in [3.63, 3.8) is 0 Å². The maximum Gasteiger partial charge on any atom is 0.188 e. The lowest BCUT2D eigenvalue weighted by Crippen LogP contribution is -2.35. The molecule has 0 aromatic carbocycles. The third-order valence-corrected chi connectivity index (χ3v) is 3.09. The van der Waals surface area contributed by atoms with Gasteiger partial charge in [-0.1, -0.05) is 24.6 Å². The van der Waals surface area contributed by atoms with Crippen LogP contribution >= 0.6 is 0 Å². The van der Waals surface area contributed by atoms with Crippen LogP contribution in [0.5, 0.6) is 0 Å². The van der Waals surface area contributed by atoms with Gasteiger partial charge in [-0.05, 0) is 47.1 Å². The number of allylic oxidation sites excluding steroid dienone is 6. The Kier molecular flexibility index (Phi) is 6.60. The van der Waals surface area contributed by atoms with Gasteiger partial charge in [-0.2, -0.15) is 0 Å². The minimum atomic E-state index is -1.74. The van der Waals surface area contributed by atoms with Crippen molar-refractivity contribution in [2.75, 3.05) is 0 Å². The van der Waals surface area contributed by atoms with Gasteiger partial charge < -0.3 is 5.73 Å². The van der Waals surface area contributed by atoms with Crippen LogP contribution in [0.4, 0.5) is 4.39 Å². The van der Waals surface area contributed by atoms with Crippen LogP contribution in [0.1, 0.15) is 48.0 Å². The molecule has 0 bridgehead atoms. The van der Waals surface area contributed by atoms with Crippen LogP contribution in [0.25, 0.3) is 0 Å². The normalized spacial score (nSPS) is 18.8. The van der Waals surface area contributed by atoms with Crippen LogP contribution in [0.3, 0.4) is 0 Å². The summed E-state index contributed by atoms with van der Waals surface area (Å²) in [5.74, 6) is 0. The van der Waals surface area contributed by atoms with Crippen molar-refractivity contribution in [2.45, 2.75) is 53.6 Å². The quantitative estimate of drug-likeness (QED) is 0.728. The van der Waals surface area contributed by atoms with E-state index in [-0.39, 0.29) is 5.70 Å². The van der Waals surface area contributed by atoms with Gasteiger partial charge in [0.15, 0.2) is 5.67 Å². The first-order chi connectivity index (χ1) is 8.31. The smallest absolute Gasteiger partial charge is 0.188 e. The van der Waals surface area contributed by atoms with Gasteiger partial charge in [0.2, 0.25) is 0 Å². The fourth-order valence-electron chi connectivity index (χ4n) is 1.41. The van der Waals surface area contributed by atoms with E-state index in [9.17, 15) is 4.39 Å². The van der Waals surface area contributed by atoms with Crippen molar-refractivity contribution in [3.8, 4) is 0 Å². The summed E-state index contributed by atoms with van der Waals surface area (Å²) in [5, 5.41) is 0. The second kappa shape index (κ2) is 7.14. The molecule has 0 rings (SSSR count). The molecule has 0 heterocycles. The van der Waals surface area contributed by atoms with E-state index in [0.29, 0.717) is 5.71 Å². The molecule has 1 atom stereocenters. The van der Waals surface area contributed by atoms with Crippen molar-refractivity contribution < 1.29 is 4.39 Å². The van der Waals surface area contributed by atoms with Crippen LogP contribution in [0, 0.1) is 0 Å². The molecule has 0 aromatic heterocycles. The standard InChI is InChI=1S/C15H25FN2/c1-7-10-14(15(6,16)13(17)9-3)18-12(5)11(4)8-2/h7,9-10H,8,17H2,1-6H3/b10-7-,12-11+,13-9-,18-14+. The number of alkyl halides is 1. The zero-order valence-corrected chi connectivity index (χ0v) is 12.3. The van der Waals surface area contributed by atoms with Crippen LogP contribution in [-0.4, -0.2) is 11.4 Å². The molecule has 0 aliphatic rings. The SMILES string of the molecule is C\C=C/C(=N\C(C)=C(/C)CC)C(C)(F)/C(N)=C/C. The predicted molar refractivity (Wildman–Crippen MR) is 78.4 cm³/mol. The second-order valence-electron chi connectivity index (χ2n) is 4.46. The van der Waals surface area contributed by atoms with Crippen molar-refractivity contribution in [1.29, 1.82) is 0 Å². The second-order valence-corrected chi connectivity index (χ2v) is 4.46. The molecule has 2 nitrogen and oxygen atoms in total. The van der Waals surface area contributed by atoms with Gasteiger partial charge in [-0.25, -0.2) is 4.39 Å². The van der Waals surface area contributed by atoms with E-state index in [0.717, 1.165) is 17.7 Å². The zero-order valence-electron chi connectivity index (χ0n) is 12.3. The highest BCUT2D eigenvalue weighted by molar-refractivity contribution is 6.04. The lowest BCUT2D eigenvalue weighted by molar-refractivity contribution is 0.333. The molecule has 0 aliphatic heterocycles. The van der Waals surface area contributed by atoms with Gasteiger partial charge in [0.05, 0.1) is 5.71 Å². The molecular formula is C15H25FN2. The zero-order chi connectivity index (χ0) is 14.3. The summed E-state index contributed by atoms with van der Waals surface area (Å²) in [4.78, 5) is 4.39. The van der Waals surface area contributed by atoms with E-state index in [2.05, 4.69) is 11.9 Å². The topological polar surface area (TPSA) is 38.4 Å². The number of hydrogen-bond donors (Lipinski definition) is 1. The maximum absolute atomic E-state index is 14.7. The molecule has 0 saturated carbocycles. The van der Waals surface area contributed by atoms with Crippen molar-refractivity contribution in [1.82, 2.24) is 0 Å². The Labute approximate surface area is 110 Å². The Morgan fingerprint density at radius 1 is 1.33 bits per heavy atom. The number of aliphatic imine (C=N–C) groups is 1. The Balaban J connectivity index is 5.68. The minimum Gasteiger partial charge on any atom is -0.399 e. The van der Waals surface area contributed by atoms with E-state index in [1.807, 2.05) is 20.8 Å². The molecule has 0 radical (unpaired) electrons. The third kappa shape index (κ3) is 4.13. The van der Waals surface area contributed by atoms with Gasteiger partial charge in [0, 0.05) is 11.4 Å². The molecule has 0 fully saturated rings. The lowest BCUT2D eigenvalue weighted by Gasteiger charge is -2.21. The van der Waals surface area contributed by atoms with E-state index < -0.39 is 5.67 Å². The first kappa shape index (κ1) is 16.6. The summed E-state index contributed by atoms with van der Waals surface area (Å²) in [6.07, 6.45) is 5.92. The molecule has 18 heavy (non-hydrogen) atoms. The van der Waals surface area contributed by atoms with Gasteiger partial charge >= 0.3 is 0 Å². The minimum absolute atomic E-state index is 0.182. The molecule has 0 spiro atoms. The fraction of sp³-hybridized carbons (Fsp3) is 0.533. The highest BCUT2D eigenvalue weighted by Gasteiger charge is 2.31. The van der Waals surface area contributed by atoms with E-state index in [1.165, 1.54) is 6.92 Å².